The maximum absolute atomic E-state index is 13.1. The first-order valence-electron chi connectivity index (χ1n) is 10.4. The lowest BCUT2D eigenvalue weighted by Crippen LogP contribution is -2.17. The molecule has 0 aliphatic rings. The van der Waals surface area contributed by atoms with Gasteiger partial charge in [-0.1, -0.05) is 53.0 Å². The first-order valence-corrected chi connectivity index (χ1v) is 13.0. The molecular formula is C26H17Cl3N2O4S. The molecule has 4 aromatic rings. The summed E-state index contributed by atoms with van der Waals surface area (Å²) in [5, 5.41) is 3.68. The van der Waals surface area contributed by atoms with E-state index in [1.807, 2.05) is 0 Å². The fourth-order valence-electron chi connectivity index (χ4n) is 3.35. The maximum atomic E-state index is 13.1. The van der Waals surface area contributed by atoms with Crippen molar-refractivity contribution in [1.82, 2.24) is 0 Å². The van der Waals surface area contributed by atoms with Crippen molar-refractivity contribution in [2.24, 2.45) is 0 Å². The van der Waals surface area contributed by atoms with E-state index in [0.29, 0.717) is 10.0 Å². The average molecular weight is 560 g/mol. The van der Waals surface area contributed by atoms with Gasteiger partial charge in [0.05, 0.1) is 15.6 Å². The van der Waals surface area contributed by atoms with Crippen LogP contribution in [0.15, 0.2) is 95.9 Å². The number of nitrogens with one attached hydrogen (secondary N) is 2. The second kappa shape index (κ2) is 10.7. The fraction of sp³-hybridized carbons (Fsp3) is 0. The van der Waals surface area contributed by atoms with Crippen molar-refractivity contribution in [3.05, 3.63) is 123 Å². The van der Waals surface area contributed by atoms with E-state index in [9.17, 15) is 18.0 Å². The number of anilines is 2. The first-order chi connectivity index (χ1) is 17.1. The molecule has 182 valence electrons. The van der Waals surface area contributed by atoms with Gasteiger partial charge in [0.15, 0.2) is 5.78 Å². The molecule has 0 aliphatic carbocycles. The number of carbonyl (C=O) groups excluding carboxylic acids is 2. The van der Waals surface area contributed by atoms with Crippen LogP contribution in [0.2, 0.25) is 15.1 Å². The number of amides is 1. The Kier molecular flexibility index (Phi) is 7.66. The third-order valence-corrected chi connectivity index (χ3v) is 7.31. The zero-order chi connectivity index (χ0) is 25.9. The molecule has 4 aromatic carbocycles. The number of hydrogen-bond donors (Lipinski definition) is 2. The number of carbonyl (C=O) groups is 2. The van der Waals surface area contributed by atoms with Gasteiger partial charge < -0.3 is 5.32 Å². The summed E-state index contributed by atoms with van der Waals surface area (Å²) in [6.07, 6.45) is 0. The lowest BCUT2D eigenvalue weighted by Gasteiger charge is -2.13. The summed E-state index contributed by atoms with van der Waals surface area (Å²) in [6.45, 7) is 0. The maximum Gasteiger partial charge on any atom is 0.261 e. The molecule has 0 unspecified atom stereocenters. The van der Waals surface area contributed by atoms with E-state index >= 15 is 0 Å². The van der Waals surface area contributed by atoms with Gasteiger partial charge in [0.2, 0.25) is 0 Å². The van der Waals surface area contributed by atoms with Crippen LogP contribution in [0.3, 0.4) is 0 Å². The molecule has 10 heteroatoms. The minimum atomic E-state index is -3.90. The Balaban J connectivity index is 1.59. The number of sulfonamides is 1. The highest BCUT2D eigenvalue weighted by Gasteiger charge is 2.20. The molecule has 0 heterocycles. The average Bonchev–Trinajstić information content (AvgIpc) is 2.85. The molecule has 4 rings (SSSR count). The Morgan fingerprint density at radius 1 is 0.694 bits per heavy atom. The Labute approximate surface area is 222 Å². The van der Waals surface area contributed by atoms with E-state index in [0.717, 1.165) is 0 Å². The third-order valence-electron chi connectivity index (χ3n) is 5.09. The first kappa shape index (κ1) is 25.7. The zero-order valence-corrected chi connectivity index (χ0v) is 21.4. The molecule has 36 heavy (non-hydrogen) atoms. The van der Waals surface area contributed by atoms with Crippen molar-refractivity contribution < 1.29 is 18.0 Å². The molecule has 0 aromatic heterocycles. The van der Waals surface area contributed by atoms with E-state index in [-0.39, 0.29) is 38.0 Å². The Bertz CT molecular complexity index is 1570. The molecule has 2 N–H and O–H groups in total. The monoisotopic (exact) mass is 558 g/mol. The normalized spacial score (nSPS) is 11.1. The van der Waals surface area contributed by atoms with E-state index in [1.54, 1.807) is 24.3 Å². The number of ketones is 1. The van der Waals surface area contributed by atoms with Crippen molar-refractivity contribution in [2.45, 2.75) is 4.90 Å². The van der Waals surface area contributed by atoms with Gasteiger partial charge in [-0.3, -0.25) is 14.3 Å². The summed E-state index contributed by atoms with van der Waals surface area (Å²) < 4.78 is 27.8. The van der Waals surface area contributed by atoms with Gasteiger partial charge >= 0.3 is 0 Å². The van der Waals surface area contributed by atoms with Crippen LogP contribution in [0.25, 0.3) is 0 Å². The van der Waals surface area contributed by atoms with E-state index in [2.05, 4.69) is 10.0 Å². The molecule has 1 amide bonds. The molecular weight excluding hydrogens is 543 g/mol. The van der Waals surface area contributed by atoms with Crippen LogP contribution in [0.1, 0.15) is 26.3 Å². The fourth-order valence-corrected chi connectivity index (χ4v) is 4.92. The quantitative estimate of drug-likeness (QED) is 0.240. The molecule has 0 spiro atoms. The van der Waals surface area contributed by atoms with Crippen molar-refractivity contribution in [3.63, 3.8) is 0 Å². The van der Waals surface area contributed by atoms with Crippen LogP contribution in [-0.4, -0.2) is 20.1 Å². The summed E-state index contributed by atoms with van der Waals surface area (Å²) >= 11 is 18.1. The zero-order valence-electron chi connectivity index (χ0n) is 18.3. The van der Waals surface area contributed by atoms with Crippen LogP contribution < -0.4 is 10.0 Å². The van der Waals surface area contributed by atoms with Crippen LogP contribution in [-0.2, 0) is 10.0 Å². The molecule has 0 radical (unpaired) electrons. The van der Waals surface area contributed by atoms with E-state index in [1.165, 1.54) is 66.7 Å². The molecule has 6 nitrogen and oxygen atoms in total. The molecule has 0 saturated carbocycles. The Morgan fingerprint density at radius 2 is 1.39 bits per heavy atom. The van der Waals surface area contributed by atoms with E-state index < -0.39 is 21.7 Å². The molecule has 0 bridgehead atoms. The van der Waals surface area contributed by atoms with Gasteiger partial charge in [-0.25, -0.2) is 8.42 Å². The predicted molar refractivity (Wildman–Crippen MR) is 143 cm³/mol. The Hall–Kier alpha value is -3.36. The van der Waals surface area contributed by atoms with Gasteiger partial charge in [-0.05, 0) is 72.8 Å². The van der Waals surface area contributed by atoms with Crippen molar-refractivity contribution in [2.75, 3.05) is 10.0 Å². The summed E-state index contributed by atoms with van der Waals surface area (Å²) in [5.41, 5.74) is 0.985. The van der Waals surface area contributed by atoms with Crippen molar-refractivity contribution in [3.8, 4) is 0 Å². The van der Waals surface area contributed by atoms with Crippen LogP contribution in [0.4, 0.5) is 11.4 Å². The molecule has 0 atom stereocenters. The summed E-state index contributed by atoms with van der Waals surface area (Å²) in [6, 6.07) is 22.7. The highest BCUT2D eigenvalue weighted by atomic mass is 35.5. The predicted octanol–water partition coefficient (Wildman–Crippen LogP) is 6.93. The largest absolute Gasteiger partial charge is 0.321 e. The van der Waals surface area contributed by atoms with Crippen LogP contribution in [0, 0.1) is 0 Å². The van der Waals surface area contributed by atoms with E-state index in [4.69, 9.17) is 34.8 Å². The van der Waals surface area contributed by atoms with Crippen molar-refractivity contribution in [1.29, 1.82) is 0 Å². The second-order valence-electron chi connectivity index (χ2n) is 7.59. The minimum absolute atomic E-state index is 0.0191. The lowest BCUT2D eigenvalue weighted by molar-refractivity contribution is 0.102. The number of benzene rings is 4. The molecule has 0 fully saturated rings. The summed E-state index contributed by atoms with van der Waals surface area (Å²) in [5.74, 6) is -0.971. The van der Waals surface area contributed by atoms with Crippen LogP contribution >= 0.6 is 34.8 Å². The summed E-state index contributed by atoms with van der Waals surface area (Å²) in [4.78, 5) is 26.2. The number of rotatable bonds is 7. The third kappa shape index (κ3) is 5.88. The topological polar surface area (TPSA) is 92.3 Å². The molecule has 0 aliphatic heterocycles. The highest BCUT2D eigenvalue weighted by molar-refractivity contribution is 7.92. The number of halogens is 3. The van der Waals surface area contributed by atoms with Gasteiger partial charge in [-0.15, -0.1) is 0 Å². The smallest absolute Gasteiger partial charge is 0.261 e. The van der Waals surface area contributed by atoms with Gasteiger partial charge in [-0.2, -0.15) is 0 Å². The minimum Gasteiger partial charge on any atom is -0.321 e. The molecule has 0 saturated heterocycles. The van der Waals surface area contributed by atoms with Crippen molar-refractivity contribution >= 4 is 67.9 Å². The number of hydrogen-bond acceptors (Lipinski definition) is 4. The summed E-state index contributed by atoms with van der Waals surface area (Å²) in [7, 11) is -3.90. The van der Waals surface area contributed by atoms with Gasteiger partial charge in [0, 0.05) is 32.4 Å². The van der Waals surface area contributed by atoms with Gasteiger partial charge in [0.1, 0.15) is 0 Å². The second-order valence-corrected chi connectivity index (χ2v) is 10.6. The highest BCUT2D eigenvalue weighted by Crippen LogP contribution is 2.27. The standard InChI is InChI=1S/C26H17Cl3N2O4S/c27-17-8-11-20(12-9-17)36(34,35)31-19-5-3-4-16(14-19)26(33)30-24-13-10-18(28)15-22(24)25(32)21-6-1-2-7-23(21)29/h1-15,31H,(H,30,33). The van der Waals surface area contributed by atoms with Crippen LogP contribution in [0.5, 0.6) is 0 Å². The lowest BCUT2D eigenvalue weighted by atomic mass is 10.0. The Morgan fingerprint density at radius 3 is 2.11 bits per heavy atom. The van der Waals surface area contributed by atoms with Gasteiger partial charge in [0.25, 0.3) is 15.9 Å². The SMILES string of the molecule is O=C(Nc1ccc(Cl)cc1C(=O)c1ccccc1Cl)c1cccc(NS(=O)(=O)c2ccc(Cl)cc2)c1.